The molecule has 0 spiro atoms. The molecule has 0 aliphatic carbocycles. The molecule has 0 fully saturated rings. The number of rotatable bonds is 21. The fourth-order valence-electron chi connectivity index (χ4n) is 5.24. The van der Waals surface area contributed by atoms with E-state index >= 15 is 0 Å². The van der Waals surface area contributed by atoms with E-state index in [1.54, 1.807) is 0 Å². The second-order valence-corrected chi connectivity index (χ2v) is 12.2. The SMILES string of the molecule is CCN(CC)CCCCCCCCCOc1ccc(/C(=C(/Cl)c2ccccc2)c2ccccc2)cc1.O=C(O)CC(O)(CC(=O)O)C(=O)O. The highest BCUT2D eigenvalue weighted by Gasteiger charge is 2.40. The standard InChI is InChI=1S/C33H42ClNO.C6H8O7/c1-3-35(4-2)26-16-8-6-5-7-9-17-27-36-31-24-22-29(23-25-31)32(28-18-12-10-13-19-28)33(34)30-20-14-11-15-21-30;7-3(8)1-6(13,5(11)12)2-4(9)10/h10-15,18-25H,3-9,16-17,26-27H2,1-2H3;13H,1-2H2,(H,7,8)(H,9,10)(H,11,12)/b33-32+;. The number of ether oxygens (including phenoxy) is 1. The van der Waals surface area contributed by atoms with Gasteiger partial charge in [0, 0.05) is 5.57 Å². The van der Waals surface area contributed by atoms with Gasteiger partial charge < -0.3 is 30.1 Å². The van der Waals surface area contributed by atoms with Gasteiger partial charge in [-0.25, -0.2) is 4.79 Å². The predicted molar refractivity (Wildman–Crippen MR) is 194 cm³/mol. The van der Waals surface area contributed by atoms with E-state index in [0.29, 0.717) is 0 Å². The van der Waals surface area contributed by atoms with Crippen molar-refractivity contribution in [2.75, 3.05) is 26.2 Å². The second kappa shape index (κ2) is 22.5. The molecule has 49 heavy (non-hydrogen) atoms. The Morgan fingerprint density at radius 3 is 1.57 bits per heavy atom. The lowest BCUT2D eigenvalue weighted by Gasteiger charge is -2.18. The fourth-order valence-corrected chi connectivity index (χ4v) is 5.58. The van der Waals surface area contributed by atoms with E-state index in [0.717, 1.165) is 46.1 Å². The molecular weight excluding hydrogens is 646 g/mol. The lowest BCUT2D eigenvalue weighted by molar-refractivity contribution is -0.170. The van der Waals surface area contributed by atoms with E-state index in [1.165, 1.54) is 58.2 Å². The minimum Gasteiger partial charge on any atom is -0.494 e. The van der Waals surface area contributed by atoms with Crippen LogP contribution in [0.2, 0.25) is 0 Å². The number of aliphatic hydroxyl groups is 1. The van der Waals surface area contributed by atoms with Crippen LogP contribution in [-0.2, 0) is 14.4 Å². The van der Waals surface area contributed by atoms with Crippen molar-refractivity contribution in [3.8, 4) is 5.75 Å². The van der Waals surface area contributed by atoms with E-state index in [1.807, 2.05) is 36.4 Å². The second-order valence-electron chi connectivity index (χ2n) is 11.8. The van der Waals surface area contributed by atoms with Crippen molar-refractivity contribution in [2.24, 2.45) is 0 Å². The predicted octanol–water partition coefficient (Wildman–Crippen LogP) is 8.04. The molecule has 0 bridgehead atoms. The summed E-state index contributed by atoms with van der Waals surface area (Å²) in [6, 6.07) is 28.8. The molecule has 3 aromatic carbocycles. The van der Waals surface area contributed by atoms with Crippen LogP contribution in [-0.4, -0.2) is 75.1 Å². The molecule has 3 aromatic rings. The van der Waals surface area contributed by atoms with Crippen LogP contribution in [0.5, 0.6) is 5.75 Å². The Bertz CT molecular complexity index is 1420. The highest BCUT2D eigenvalue weighted by molar-refractivity contribution is 6.53. The van der Waals surface area contributed by atoms with Gasteiger partial charge in [0.1, 0.15) is 5.75 Å². The van der Waals surface area contributed by atoms with Crippen molar-refractivity contribution in [1.29, 1.82) is 0 Å². The highest BCUT2D eigenvalue weighted by atomic mass is 35.5. The maximum atomic E-state index is 10.3. The van der Waals surface area contributed by atoms with E-state index < -0.39 is 36.4 Å². The first-order chi connectivity index (χ1) is 23.5. The normalized spacial score (nSPS) is 11.7. The van der Waals surface area contributed by atoms with Gasteiger partial charge in [0.2, 0.25) is 0 Å². The fraction of sp³-hybridized carbons (Fsp3) is 0.410. The largest absolute Gasteiger partial charge is 0.494 e. The Balaban J connectivity index is 0.000000543. The summed E-state index contributed by atoms with van der Waals surface area (Å²) in [6.07, 6.45) is 6.74. The van der Waals surface area contributed by atoms with Crippen LogP contribution in [0.1, 0.15) is 88.3 Å². The van der Waals surface area contributed by atoms with Crippen molar-refractivity contribution >= 4 is 40.1 Å². The van der Waals surface area contributed by atoms with Gasteiger partial charge in [-0.05, 0) is 61.3 Å². The lowest BCUT2D eigenvalue weighted by Crippen LogP contribution is -2.42. The molecule has 0 saturated carbocycles. The van der Waals surface area contributed by atoms with Gasteiger partial charge in [0.15, 0.2) is 5.60 Å². The molecule has 3 rings (SSSR count). The van der Waals surface area contributed by atoms with Crippen LogP contribution in [0.15, 0.2) is 84.9 Å². The molecule has 0 aliphatic rings. The summed E-state index contributed by atoms with van der Waals surface area (Å²) in [6.45, 7) is 8.87. The number of aliphatic carboxylic acids is 3. The van der Waals surface area contributed by atoms with Crippen LogP contribution < -0.4 is 4.74 Å². The number of carboxylic acid groups (broad SMARTS) is 3. The number of carboxylic acids is 3. The Labute approximate surface area is 294 Å². The van der Waals surface area contributed by atoms with Crippen molar-refractivity contribution < 1.29 is 39.5 Å². The Kier molecular flexibility index (Phi) is 18.8. The first-order valence-corrected chi connectivity index (χ1v) is 17.2. The zero-order valence-corrected chi connectivity index (χ0v) is 29.3. The summed E-state index contributed by atoms with van der Waals surface area (Å²) in [5.74, 6) is -4.10. The van der Waals surface area contributed by atoms with Crippen LogP contribution >= 0.6 is 11.6 Å². The summed E-state index contributed by atoms with van der Waals surface area (Å²) < 4.78 is 6.03. The number of hydrogen-bond acceptors (Lipinski definition) is 6. The number of halogens is 1. The quantitative estimate of drug-likeness (QED) is 0.0643. The number of carbonyl (C=O) groups is 3. The van der Waals surface area contributed by atoms with Crippen molar-refractivity contribution in [3.63, 3.8) is 0 Å². The van der Waals surface area contributed by atoms with Gasteiger partial charge in [-0.15, -0.1) is 0 Å². The molecule has 9 nitrogen and oxygen atoms in total. The maximum Gasteiger partial charge on any atom is 0.336 e. The van der Waals surface area contributed by atoms with Crippen LogP contribution in [0, 0.1) is 0 Å². The molecule has 4 N–H and O–H groups in total. The average molecular weight is 696 g/mol. The van der Waals surface area contributed by atoms with Crippen LogP contribution in [0.4, 0.5) is 0 Å². The summed E-state index contributed by atoms with van der Waals surface area (Å²) in [5.41, 5.74) is 1.50. The van der Waals surface area contributed by atoms with Crippen molar-refractivity contribution in [1.82, 2.24) is 4.90 Å². The Morgan fingerprint density at radius 2 is 1.10 bits per heavy atom. The topological polar surface area (TPSA) is 145 Å². The maximum absolute atomic E-state index is 10.3. The van der Waals surface area contributed by atoms with Crippen LogP contribution in [0.3, 0.4) is 0 Å². The summed E-state index contributed by atoms with van der Waals surface area (Å²) >= 11 is 6.93. The molecule has 0 radical (unpaired) electrons. The highest BCUT2D eigenvalue weighted by Crippen LogP contribution is 2.35. The molecule has 10 heteroatoms. The molecule has 0 atom stereocenters. The van der Waals surface area contributed by atoms with Gasteiger partial charge >= 0.3 is 17.9 Å². The molecule has 266 valence electrons. The summed E-state index contributed by atoms with van der Waals surface area (Å²) in [4.78, 5) is 33.0. The zero-order valence-electron chi connectivity index (χ0n) is 28.5. The molecule has 0 unspecified atom stereocenters. The average Bonchev–Trinajstić information content (AvgIpc) is 3.08. The molecular formula is C39H50ClNO8. The van der Waals surface area contributed by atoms with Crippen molar-refractivity contribution in [3.05, 3.63) is 102 Å². The zero-order chi connectivity index (χ0) is 36.1. The lowest BCUT2D eigenvalue weighted by atomic mass is 9.95. The molecule has 0 saturated heterocycles. The van der Waals surface area contributed by atoms with Gasteiger partial charge in [0.05, 0.1) is 24.5 Å². The number of nitrogens with zero attached hydrogens (tertiary/aromatic N) is 1. The minimum absolute atomic E-state index is 0.753. The summed E-state index contributed by atoms with van der Waals surface area (Å²) in [7, 11) is 0. The first kappa shape index (κ1) is 41.0. The van der Waals surface area contributed by atoms with E-state index in [9.17, 15) is 14.4 Å². The molecule has 0 aromatic heterocycles. The summed E-state index contributed by atoms with van der Waals surface area (Å²) in [5, 5.41) is 34.6. The third-order valence-corrected chi connectivity index (χ3v) is 8.43. The van der Waals surface area contributed by atoms with E-state index in [4.69, 9.17) is 36.8 Å². The first-order valence-electron chi connectivity index (χ1n) is 16.9. The molecule has 0 amide bonds. The van der Waals surface area contributed by atoms with E-state index in [-0.39, 0.29) is 0 Å². The van der Waals surface area contributed by atoms with Gasteiger partial charge in [0.25, 0.3) is 0 Å². The monoisotopic (exact) mass is 695 g/mol. The third-order valence-electron chi connectivity index (χ3n) is 8.02. The van der Waals surface area contributed by atoms with E-state index in [2.05, 4.69) is 67.3 Å². The van der Waals surface area contributed by atoms with Crippen LogP contribution in [0.25, 0.3) is 10.6 Å². The smallest absolute Gasteiger partial charge is 0.336 e. The number of hydrogen-bond donors (Lipinski definition) is 4. The number of benzene rings is 3. The Hall–Kier alpha value is -4.18. The van der Waals surface area contributed by atoms with Gasteiger partial charge in [-0.3, -0.25) is 9.59 Å². The van der Waals surface area contributed by atoms with Crippen molar-refractivity contribution in [2.45, 2.75) is 77.2 Å². The third kappa shape index (κ3) is 15.3. The molecule has 0 aliphatic heterocycles. The molecule has 0 heterocycles. The van der Waals surface area contributed by atoms with Gasteiger partial charge in [-0.2, -0.15) is 0 Å². The number of unbranched alkanes of at least 4 members (excludes halogenated alkanes) is 6. The minimum atomic E-state index is -2.74. The Morgan fingerprint density at radius 1 is 0.653 bits per heavy atom. The van der Waals surface area contributed by atoms with Gasteiger partial charge in [-0.1, -0.05) is 130 Å².